The molecule has 0 aromatic heterocycles. The van der Waals surface area contributed by atoms with Crippen LogP contribution in [0.5, 0.6) is 0 Å². The second-order valence-electron chi connectivity index (χ2n) is 18.6. The molecule has 0 spiro atoms. The minimum Gasteiger partial charge on any atom is -0.478 e. The average Bonchev–Trinajstić information content (AvgIpc) is 3.60. The fourth-order valence-electron chi connectivity index (χ4n) is 8.84. The predicted molar refractivity (Wildman–Crippen MR) is 280 cm³/mol. The Labute approximate surface area is 454 Å². The summed E-state index contributed by atoms with van der Waals surface area (Å²) in [5, 5.41) is 39.4. The van der Waals surface area contributed by atoms with Crippen LogP contribution in [0.3, 0.4) is 0 Å². The van der Waals surface area contributed by atoms with Gasteiger partial charge in [-0.2, -0.15) is 13.2 Å². The number of benzene rings is 7. The van der Waals surface area contributed by atoms with E-state index in [9.17, 15) is 75.6 Å². The zero-order chi connectivity index (χ0) is 58.8. The fraction of sp³-hybridized carbons (Fsp3) is 0.153. The number of aromatic carboxylic acids is 4. The molecule has 0 saturated carbocycles. The van der Waals surface area contributed by atoms with Gasteiger partial charge >= 0.3 is 30.1 Å². The summed E-state index contributed by atoms with van der Waals surface area (Å²) in [7, 11) is -8.28. The quantitative estimate of drug-likeness (QED) is 0.0487. The smallest absolute Gasteiger partial charge is 0.402 e. The Bertz CT molecular complexity index is 3940. The minimum absolute atomic E-state index is 0.00843. The molecule has 1 unspecified atom stereocenters. The number of hydrogen-bond acceptors (Lipinski definition) is 12. The highest BCUT2D eigenvalue weighted by molar-refractivity contribution is 7.91. The summed E-state index contributed by atoms with van der Waals surface area (Å²) < 4.78 is 101. The molecule has 7 aromatic carbocycles. The van der Waals surface area contributed by atoms with E-state index in [1.807, 2.05) is 0 Å². The maximum atomic E-state index is 15.6. The first-order chi connectivity index (χ1) is 37.5. The number of ketones is 4. The number of halogens is 3. The number of rotatable bonds is 21. The molecule has 0 bridgehead atoms. The van der Waals surface area contributed by atoms with Gasteiger partial charge in [-0.05, 0) is 127 Å². The van der Waals surface area contributed by atoms with Gasteiger partial charge < -0.3 is 20.4 Å². The van der Waals surface area contributed by atoms with E-state index in [1.54, 1.807) is 19.1 Å². The van der Waals surface area contributed by atoms with Crippen molar-refractivity contribution in [3.8, 4) is 0 Å². The van der Waals surface area contributed by atoms with Crippen LogP contribution in [-0.4, -0.2) is 90.4 Å². The number of carbonyl (C=O) groups excluding carboxylic acids is 4. The van der Waals surface area contributed by atoms with E-state index in [4.69, 9.17) is 0 Å². The van der Waals surface area contributed by atoms with Crippen LogP contribution in [0.1, 0.15) is 137 Å². The van der Waals surface area contributed by atoms with Crippen molar-refractivity contribution in [2.24, 2.45) is 0 Å². The lowest BCUT2D eigenvalue weighted by molar-refractivity contribution is -0.173. The van der Waals surface area contributed by atoms with E-state index in [-0.39, 0.29) is 48.3 Å². The van der Waals surface area contributed by atoms with Crippen LogP contribution >= 0.6 is 0 Å². The molecule has 0 saturated heterocycles. The molecule has 0 radical (unpaired) electrons. The van der Waals surface area contributed by atoms with E-state index in [1.165, 1.54) is 67.6 Å². The summed E-state index contributed by atoms with van der Waals surface area (Å²) in [5.41, 5.74) is -7.78. The summed E-state index contributed by atoms with van der Waals surface area (Å²) >= 11 is 0. The van der Waals surface area contributed by atoms with Crippen LogP contribution < -0.4 is 0 Å². The Kier molecular flexibility index (Phi) is 16.5. The zero-order valence-corrected chi connectivity index (χ0v) is 44.0. The summed E-state index contributed by atoms with van der Waals surface area (Å²) in [4.78, 5) is 102. The Morgan fingerprint density at radius 3 is 0.950 bits per heavy atom. The number of sulfone groups is 2. The van der Waals surface area contributed by atoms with Crippen LogP contribution in [0, 0.1) is 6.92 Å². The Morgan fingerprint density at radius 1 is 0.388 bits per heavy atom. The molecule has 0 aliphatic rings. The van der Waals surface area contributed by atoms with E-state index < -0.39 is 148 Å². The molecule has 4 N–H and O–H groups in total. The van der Waals surface area contributed by atoms with Crippen LogP contribution in [0.15, 0.2) is 165 Å². The molecule has 410 valence electrons. The van der Waals surface area contributed by atoms with Gasteiger partial charge in [-0.25, -0.2) is 36.0 Å². The van der Waals surface area contributed by atoms with Gasteiger partial charge in [0.25, 0.3) is 0 Å². The van der Waals surface area contributed by atoms with Crippen LogP contribution in [0.25, 0.3) is 0 Å². The van der Waals surface area contributed by atoms with Gasteiger partial charge in [-0.3, -0.25) is 19.2 Å². The molecule has 0 amide bonds. The molecule has 0 heterocycles. The van der Waals surface area contributed by atoms with Crippen LogP contribution in [-0.2, 0) is 44.4 Å². The molecule has 21 heteroatoms. The van der Waals surface area contributed by atoms with Crippen molar-refractivity contribution < 1.29 is 88.8 Å². The van der Waals surface area contributed by atoms with Crippen molar-refractivity contribution in [1.29, 1.82) is 0 Å². The molecular formula is C59H45F3O16S2. The summed E-state index contributed by atoms with van der Waals surface area (Å²) in [6.07, 6.45) is -7.07. The van der Waals surface area contributed by atoms with Crippen molar-refractivity contribution >= 4 is 66.7 Å². The molecule has 1 atom stereocenters. The third-order valence-corrected chi connectivity index (χ3v) is 17.1. The molecule has 16 nitrogen and oxygen atoms in total. The topological polar surface area (TPSA) is 286 Å². The minimum atomic E-state index is -5.24. The average molecular weight is 1130 g/mol. The van der Waals surface area contributed by atoms with Gasteiger partial charge in [0.1, 0.15) is 5.41 Å². The highest BCUT2D eigenvalue weighted by atomic mass is 32.2. The van der Waals surface area contributed by atoms with Gasteiger partial charge in [0.2, 0.25) is 19.7 Å². The molecule has 80 heavy (non-hydrogen) atoms. The van der Waals surface area contributed by atoms with Crippen molar-refractivity contribution in [3.63, 3.8) is 0 Å². The van der Waals surface area contributed by atoms with Crippen LogP contribution in [0.4, 0.5) is 13.2 Å². The first-order valence-corrected chi connectivity index (χ1v) is 26.9. The lowest BCUT2D eigenvalue weighted by atomic mass is 9.73. The number of carboxylic acid groups (broad SMARTS) is 4. The first-order valence-electron chi connectivity index (χ1n) is 23.9. The summed E-state index contributed by atoms with van der Waals surface area (Å²) in [5.74, 6) is -9.93. The predicted octanol–water partition coefficient (Wildman–Crippen LogP) is 10.2. The van der Waals surface area contributed by atoms with Gasteiger partial charge in [0.05, 0.1) is 41.8 Å². The SMILES string of the molecule is CCC(=O)c1cc(C(=O)Cc2ccc(S(=O)(=O)c3ccc(CC(=O)c4cc(C(C)(c5ccc(C(=O)O)c(C(=O)Cc6ccc(S(=O)(=O)c7ccc(C)cc7)cc6)c5)C(F)(F)F)ccc4C(=O)O)cc3)cc2)c(C(=O)O)cc1C(=O)O. The molecule has 0 aliphatic heterocycles. The van der Waals surface area contributed by atoms with Crippen LogP contribution in [0.2, 0.25) is 0 Å². The zero-order valence-electron chi connectivity index (χ0n) is 42.3. The molecule has 0 fully saturated rings. The Balaban J connectivity index is 1.12. The van der Waals surface area contributed by atoms with Gasteiger partial charge in [0.15, 0.2) is 23.1 Å². The van der Waals surface area contributed by atoms with E-state index in [0.29, 0.717) is 6.92 Å². The lowest BCUT2D eigenvalue weighted by Crippen LogP contribution is -2.41. The van der Waals surface area contributed by atoms with Crippen molar-refractivity contribution in [3.05, 3.63) is 223 Å². The van der Waals surface area contributed by atoms with Crippen molar-refractivity contribution in [2.45, 2.75) is 77.6 Å². The van der Waals surface area contributed by atoms with Crippen molar-refractivity contribution in [2.75, 3.05) is 0 Å². The third-order valence-electron chi connectivity index (χ3n) is 13.5. The van der Waals surface area contributed by atoms with Crippen molar-refractivity contribution in [1.82, 2.24) is 0 Å². The highest BCUT2D eigenvalue weighted by Crippen LogP contribution is 2.47. The number of hydrogen-bond donors (Lipinski definition) is 4. The van der Waals surface area contributed by atoms with E-state index in [0.717, 1.165) is 78.4 Å². The fourth-order valence-corrected chi connectivity index (χ4v) is 11.4. The number of alkyl halides is 3. The monoisotopic (exact) mass is 1130 g/mol. The number of aryl methyl sites for hydroxylation is 1. The normalized spacial score (nSPS) is 12.5. The number of carboxylic acids is 4. The second-order valence-corrected chi connectivity index (χ2v) is 22.5. The maximum absolute atomic E-state index is 15.6. The number of carbonyl (C=O) groups is 8. The standard InChI is InChI=1S/C59H45F3O16S2/c1-4-50(63)46-30-47(49(57(73)74)31-48(46)56(71)72)53(66)27-35-11-21-41(22-12-35)80(77,78)40-19-9-34(10-20-40)26-52(65)45-29-37(14-24-43(45)55(69)70)58(3,59(60,61)62)36-13-23-42(54(67)68)44(28-36)51(64)25-33-7-17-39(18-8-33)79(75,76)38-15-5-32(2)6-16-38/h5-24,28-31H,4,25-27H2,1-3H3,(H,67,68)(H,69,70)(H,71,72)(H,73,74). The lowest BCUT2D eigenvalue weighted by Gasteiger charge is -2.34. The van der Waals surface area contributed by atoms with Gasteiger partial charge in [0, 0.05) is 47.9 Å². The number of Topliss-reactive ketones (excluding diaryl/α,β-unsaturated/α-hetero) is 4. The Hall–Kier alpha value is -9.21. The van der Waals surface area contributed by atoms with Gasteiger partial charge in [-0.1, -0.05) is 73.2 Å². The second kappa shape index (κ2) is 22.6. The first kappa shape index (κ1) is 58.5. The van der Waals surface area contributed by atoms with E-state index >= 15 is 13.2 Å². The van der Waals surface area contributed by atoms with E-state index in [2.05, 4.69) is 0 Å². The molecule has 0 aliphatic carbocycles. The third kappa shape index (κ3) is 11.8. The highest BCUT2D eigenvalue weighted by Gasteiger charge is 2.54. The van der Waals surface area contributed by atoms with Gasteiger partial charge in [-0.15, -0.1) is 0 Å². The largest absolute Gasteiger partial charge is 0.478 e. The molecule has 7 rings (SSSR count). The summed E-state index contributed by atoms with van der Waals surface area (Å²) in [6, 6.07) is 27.1. The molecular weight excluding hydrogens is 1090 g/mol. The molecule has 7 aromatic rings. The maximum Gasteiger partial charge on any atom is 0.402 e. The Morgan fingerprint density at radius 2 is 0.662 bits per heavy atom. The summed E-state index contributed by atoms with van der Waals surface area (Å²) in [6.45, 7) is 3.93.